The number of anilines is 3. The van der Waals surface area contributed by atoms with Crippen LogP contribution in [0.15, 0.2) is 42.6 Å². The highest BCUT2D eigenvalue weighted by atomic mass is 16.5. The van der Waals surface area contributed by atoms with Gasteiger partial charge in [-0.05, 0) is 36.4 Å². The maximum Gasteiger partial charge on any atom is 0.255 e. The zero-order chi connectivity index (χ0) is 17.6. The SMILES string of the molecule is CC(=O)Nc1ccc(NC(=O)c2ccnc(N3CCOCC3)c2)cc1. The van der Waals surface area contributed by atoms with Crippen LogP contribution in [0.4, 0.5) is 17.2 Å². The van der Waals surface area contributed by atoms with Crippen LogP contribution in [0, 0.1) is 0 Å². The number of hydrogen-bond acceptors (Lipinski definition) is 5. The minimum Gasteiger partial charge on any atom is -0.378 e. The molecular formula is C18H20N4O3. The van der Waals surface area contributed by atoms with Crippen molar-refractivity contribution in [2.45, 2.75) is 6.92 Å². The molecule has 0 spiro atoms. The first kappa shape index (κ1) is 16.9. The van der Waals surface area contributed by atoms with Crippen molar-refractivity contribution in [3.05, 3.63) is 48.2 Å². The molecule has 1 fully saturated rings. The van der Waals surface area contributed by atoms with Gasteiger partial charge in [-0.25, -0.2) is 4.98 Å². The van der Waals surface area contributed by atoms with E-state index < -0.39 is 0 Å². The van der Waals surface area contributed by atoms with Crippen LogP contribution in [0.1, 0.15) is 17.3 Å². The topological polar surface area (TPSA) is 83.6 Å². The number of hydrogen-bond donors (Lipinski definition) is 2. The second-order valence-corrected chi connectivity index (χ2v) is 5.71. The molecule has 3 rings (SSSR count). The van der Waals surface area contributed by atoms with Gasteiger partial charge in [0.15, 0.2) is 0 Å². The second kappa shape index (κ2) is 7.76. The monoisotopic (exact) mass is 340 g/mol. The van der Waals surface area contributed by atoms with E-state index in [2.05, 4.69) is 20.5 Å². The van der Waals surface area contributed by atoms with Crippen molar-refractivity contribution in [2.75, 3.05) is 41.8 Å². The molecule has 1 aromatic carbocycles. The van der Waals surface area contributed by atoms with Gasteiger partial charge in [-0.3, -0.25) is 9.59 Å². The number of carbonyl (C=O) groups is 2. The van der Waals surface area contributed by atoms with Crippen molar-refractivity contribution in [2.24, 2.45) is 0 Å². The van der Waals surface area contributed by atoms with Gasteiger partial charge < -0.3 is 20.3 Å². The predicted molar refractivity (Wildman–Crippen MR) is 96.0 cm³/mol. The number of nitrogens with one attached hydrogen (secondary N) is 2. The zero-order valence-electron chi connectivity index (χ0n) is 14.0. The van der Waals surface area contributed by atoms with Gasteiger partial charge in [0.1, 0.15) is 5.82 Å². The fourth-order valence-electron chi connectivity index (χ4n) is 2.57. The van der Waals surface area contributed by atoms with E-state index in [1.54, 1.807) is 42.6 Å². The van der Waals surface area contributed by atoms with E-state index in [1.165, 1.54) is 6.92 Å². The zero-order valence-corrected chi connectivity index (χ0v) is 14.0. The maximum atomic E-state index is 12.5. The lowest BCUT2D eigenvalue weighted by atomic mass is 10.2. The number of benzene rings is 1. The highest BCUT2D eigenvalue weighted by molar-refractivity contribution is 6.04. The number of ether oxygens (including phenoxy) is 1. The fraction of sp³-hybridized carbons (Fsp3) is 0.278. The van der Waals surface area contributed by atoms with Crippen molar-refractivity contribution in [3.8, 4) is 0 Å². The third-order valence-corrected chi connectivity index (χ3v) is 3.81. The summed E-state index contributed by atoms with van der Waals surface area (Å²) in [7, 11) is 0. The van der Waals surface area contributed by atoms with Crippen LogP contribution in [0.5, 0.6) is 0 Å². The van der Waals surface area contributed by atoms with E-state index in [0.29, 0.717) is 30.2 Å². The molecule has 1 aliphatic heterocycles. The van der Waals surface area contributed by atoms with Gasteiger partial charge in [0.2, 0.25) is 5.91 Å². The van der Waals surface area contributed by atoms with Crippen molar-refractivity contribution >= 4 is 29.0 Å². The van der Waals surface area contributed by atoms with Crippen molar-refractivity contribution < 1.29 is 14.3 Å². The van der Waals surface area contributed by atoms with E-state index in [-0.39, 0.29) is 11.8 Å². The average molecular weight is 340 g/mol. The van der Waals surface area contributed by atoms with Gasteiger partial charge in [-0.2, -0.15) is 0 Å². The van der Waals surface area contributed by atoms with Crippen molar-refractivity contribution in [1.82, 2.24) is 4.98 Å². The van der Waals surface area contributed by atoms with Crippen LogP contribution in [0.2, 0.25) is 0 Å². The molecule has 130 valence electrons. The van der Waals surface area contributed by atoms with Crippen molar-refractivity contribution in [3.63, 3.8) is 0 Å². The summed E-state index contributed by atoms with van der Waals surface area (Å²) in [5, 5.41) is 5.53. The van der Waals surface area contributed by atoms with Crippen LogP contribution in [0.3, 0.4) is 0 Å². The van der Waals surface area contributed by atoms with E-state index in [4.69, 9.17) is 4.74 Å². The molecule has 7 heteroatoms. The summed E-state index contributed by atoms with van der Waals surface area (Å²) in [6, 6.07) is 10.4. The molecule has 0 atom stereocenters. The lowest BCUT2D eigenvalue weighted by molar-refractivity contribution is -0.114. The van der Waals surface area contributed by atoms with Crippen LogP contribution in [-0.2, 0) is 9.53 Å². The fourth-order valence-corrected chi connectivity index (χ4v) is 2.57. The molecule has 0 saturated carbocycles. The van der Waals surface area contributed by atoms with Gasteiger partial charge in [0, 0.05) is 43.1 Å². The molecule has 0 unspecified atom stereocenters. The molecule has 1 aromatic heterocycles. The summed E-state index contributed by atoms with van der Waals surface area (Å²) in [5.74, 6) is 0.436. The molecule has 2 amide bonds. The Morgan fingerprint density at radius 1 is 1.04 bits per heavy atom. The Labute approximate surface area is 146 Å². The Bertz CT molecular complexity index is 755. The summed E-state index contributed by atoms with van der Waals surface area (Å²) in [6.07, 6.45) is 1.64. The second-order valence-electron chi connectivity index (χ2n) is 5.71. The molecular weight excluding hydrogens is 320 g/mol. The third kappa shape index (κ3) is 4.54. The summed E-state index contributed by atoms with van der Waals surface area (Å²) < 4.78 is 5.34. The number of morpholine rings is 1. The van der Waals surface area contributed by atoms with Crippen LogP contribution in [-0.4, -0.2) is 43.1 Å². The Hall–Kier alpha value is -2.93. The average Bonchev–Trinajstić information content (AvgIpc) is 2.64. The number of pyridine rings is 1. The smallest absolute Gasteiger partial charge is 0.255 e. The minimum absolute atomic E-state index is 0.135. The Kier molecular flexibility index (Phi) is 5.25. The number of rotatable bonds is 4. The molecule has 2 heterocycles. The molecule has 1 saturated heterocycles. The molecule has 0 aliphatic carbocycles. The lowest BCUT2D eigenvalue weighted by Crippen LogP contribution is -2.36. The highest BCUT2D eigenvalue weighted by Gasteiger charge is 2.14. The van der Waals surface area contributed by atoms with Gasteiger partial charge in [0.05, 0.1) is 13.2 Å². The van der Waals surface area contributed by atoms with E-state index in [9.17, 15) is 9.59 Å². The van der Waals surface area contributed by atoms with E-state index >= 15 is 0 Å². The molecule has 25 heavy (non-hydrogen) atoms. The molecule has 7 nitrogen and oxygen atoms in total. The first-order valence-electron chi connectivity index (χ1n) is 8.09. The molecule has 0 bridgehead atoms. The van der Waals surface area contributed by atoms with Gasteiger partial charge in [-0.1, -0.05) is 0 Å². The van der Waals surface area contributed by atoms with E-state index in [1.807, 2.05) is 0 Å². The maximum absolute atomic E-state index is 12.5. The quantitative estimate of drug-likeness (QED) is 0.891. The number of aromatic nitrogens is 1. The summed E-state index contributed by atoms with van der Waals surface area (Å²) in [4.78, 5) is 29.9. The Balaban J connectivity index is 1.67. The first-order valence-corrected chi connectivity index (χ1v) is 8.09. The summed E-state index contributed by atoms with van der Waals surface area (Å²) >= 11 is 0. The summed E-state index contributed by atoms with van der Waals surface area (Å²) in [5.41, 5.74) is 1.88. The summed E-state index contributed by atoms with van der Waals surface area (Å²) in [6.45, 7) is 4.31. The highest BCUT2D eigenvalue weighted by Crippen LogP contribution is 2.17. The van der Waals surface area contributed by atoms with Gasteiger partial charge in [0.25, 0.3) is 5.91 Å². The standard InChI is InChI=1S/C18H20N4O3/c1-13(23)20-15-2-4-16(5-3-15)21-18(24)14-6-7-19-17(12-14)22-8-10-25-11-9-22/h2-7,12H,8-11H2,1H3,(H,20,23)(H,21,24). The largest absolute Gasteiger partial charge is 0.378 e. The third-order valence-electron chi connectivity index (χ3n) is 3.81. The molecule has 2 N–H and O–H groups in total. The number of nitrogens with zero attached hydrogens (tertiary/aromatic N) is 2. The normalized spacial score (nSPS) is 14.0. The first-order chi connectivity index (χ1) is 12.1. The molecule has 2 aromatic rings. The lowest BCUT2D eigenvalue weighted by Gasteiger charge is -2.27. The molecule has 1 aliphatic rings. The number of amides is 2. The van der Waals surface area contributed by atoms with Gasteiger partial charge >= 0.3 is 0 Å². The Morgan fingerprint density at radius 2 is 1.68 bits per heavy atom. The minimum atomic E-state index is -0.204. The van der Waals surface area contributed by atoms with E-state index in [0.717, 1.165) is 18.9 Å². The molecule has 0 radical (unpaired) electrons. The van der Waals surface area contributed by atoms with Crippen LogP contribution >= 0.6 is 0 Å². The Morgan fingerprint density at radius 3 is 2.32 bits per heavy atom. The van der Waals surface area contributed by atoms with Gasteiger partial charge in [-0.15, -0.1) is 0 Å². The van der Waals surface area contributed by atoms with Crippen LogP contribution in [0.25, 0.3) is 0 Å². The van der Waals surface area contributed by atoms with Crippen molar-refractivity contribution in [1.29, 1.82) is 0 Å². The predicted octanol–water partition coefficient (Wildman–Crippen LogP) is 2.13. The van der Waals surface area contributed by atoms with Crippen LogP contribution < -0.4 is 15.5 Å². The number of carbonyl (C=O) groups excluding carboxylic acids is 2.